The van der Waals surface area contributed by atoms with Crippen LogP contribution in [0.4, 0.5) is 10.5 Å². The van der Waals surface area contributed by atoms with E-state index in [2.05, 4.69) is 15.3 Å². The number of amides is 1. The molecule has 0 aliphatic carbocycles. The number of anilines is 1. The summed E-state index contributed by atoms with van der Waals surface area (Å²) in [5, 5.41) is 16.0. The van der Waals surface area contributed by atoms with Crippen LogP contribution in [0, 0.1) is 0 Å². The fraction of sp³-hybridized carbons (Fsp3) is 0.278. The Kier molecular flexibility index (Phi) is 5.93. The van der Waals surface area contributed by atoms with Crippen molar-refractivity contribution in [1.29, 1.82) is 0 Å². The van der Waals surface area contributed by atoms with Gasteiger partial charge < -0.3 is 14.6 Å². The normalized spacial score (nSPS) is 10.6. The maximum atomic E-state index is 11.8. The topological polar surface area (TPSA) is 117 Å². The van der Waals surface area contributed by atoms with Gasteiger partial charge in [0.2, 0.25) is 0 Å². The summed E-state index contributed by atoms with van der Waals surface area (Å²) >= 11 is 0. The Hall–Kier alpha value is -3.38. The second kappa shape index (κ2) is 8.13. The molecule has 0 heterocycles. The van der Waals surface area contributed by atoms with Gasteiger partial charge in [0.15, 0.2) is 11.5 Å². The zero-order valence-corrected chi connectivity index (χ0v) is 14.8. The number of phenolic OH excluding ortho intramolecular Hbond substituents is 1. The molecule has 8 nitrogen and oxygen atoms in total. The molecule has 26 heavy (non-hydrogen) atoms. The summed E-state index contributed by atoms with van der Waals surface area (Å²) < 4.78 is 10.8. The molecular weight excluding hydrogens is 336 g/mol. The first-order valence-corrected chi connectivity index (χ1v) is 7.87. The number of nitrogens with one attached hydrogen (secondary N) is 1. The van der Waals surface area contributed by atoms with Gasteiger partial charge in [-0.1, -0.05) is 17.2 Å². The van der Waals surface area contributed by atoms with Crippen LogP contribution >= 0.6 is 0 Å². The number of phenols is 1. The first-order valence-electron chi connectivity index (χ1n) is 7.87. The summed E-state index contributed by atoms with van der Waals surface area (Å²) in [6.45, 7) is 5.55. The molecule has 0 bridgehead atoms. The van der Waals surface area contributed by atoms with Crippen molar-refractivity contribution in [3.05, 3.63) is 58.5 Å². The number of azide groups is 1. The van der Waals surface area contributed by atoms with E-state index in [4.69, 9.17) is 15.0 Å². The van der Waals surface area contributed by atoms with Crippen molar-refractivity contribution in [1.82, 2.24) is 0 Å². The maximum Gasteiger partial charge on any atom is 0.412 e. The van der Waals surface area contributed by atoms with Gasteiger partial charge in [-0.25, -0.2) is 4.79 Å². The molecule has 0 unspecified atom stereocenters. The van der Waals surface area contributed by atoms with Gasteiger partial charge in [-0.05, 0) is 56.1 Å². The summed E-state index contributed by atoms with van der Waals surface area (Å²) in [5.41, 5.74) is 8.97. The van der Waals surface area contributed by atoms with Gasteiger partial charge in [-0.15, -0.1) is 0 Å². The van der Waals surface area contributed by atoms with E-state index in [1.807, 2.05) is 0 Å². The van der Waals surface area contributed by atoms with Gasteiger partial charge in [0.1, 0.15) is 11.4 Å². The number of benzene rings is 2. The number of nitrogens with zero attached hydrogens (tertiary/aromatic N) is 3. The molecule has 136 valence electrons. The van der Waals surface area contributed by atoms with E-state index in [1.165, 1.54) is 18.2 Å². The zero-order chi connectivity index (χ0) is 19.2. The Morgan fingerprint density at radius 2 is 1.92 bits per heavy atom. The Morgan fingerprint density at radius 3 is 2.54 bits per heavy atom. The van der Waals surface area contributed by atoms with Crippen LogP contribution in [0.25, 0.3) is 10.4 Å². The van der Waals surface area contributed by atoms with Crippen LogP contribution in [-0.4, -0.2) is 16.8 Å². The minimum Gasteiger partial charge on any atom is -0.504 e. The van der Waals surface area contributed by atoms with E-state index in [0.717, 1.165) is 5.56 Å². The third kappa shape index (κ3) is 5.92. The van der Waals surface area contributed by atoms with Crippen LogP contribution in [0.3, 0.4) is 0 Å². The van der Waals surface area contributed by atoms with Crippen molar-refractivity contribution < 1.29 is 19.4 Å². The minimum absolute atomic E-state index is 0.0714. The smallest absolute Gasteiger partial charge is 0.412 e. The number of aromatic hydroxyl groups is 1. The number of carbonyl (C=O) groups is 1. The first-order chi connectivity index (χ1) is 12.3. The highest BCUT2D eigenvalue weighted by Gasteiger charge is 2.16. The van der Waals surface area contributed by atoms with E-state index in [1.54, 1.807) is 45.0 Å². The molecule has 0 saturated heterocycles. The molecule has 2 N–H and O–H groups in total. The predicted octanol–water partition coefficient (Wildman–Crippen LogP) is 5.34. The van der Waals surface area contributed by atoms with Gasteiger partial charge in [-0.2, -0.15) is 0 Å². The standard InChI is InChI=1S/C18H20N4O4/c1-18(2,3)26-17(24)21-13-6-9-15(23)16(10-13)25-14-7-4-12(5-8-14)11-20-22-19/h4-10,23H,11H2,1-3H3,(H,21,24). The molecule has 2 aromatic rings. The average Bonchev–Trinajstić information content (AvgIpc) is 2.55. The quantitative estimate of drug-likeness (QED) is 0.325. The van der Waals surface area contributed by atoms with Crippen LogP contribution in [-0.2, 0) is 11.3 Å². The molecule has 0 saturated carbocycles. The summed E-state index contributed by atoms with van der Waals surface area (Å²) in [4.78, 5) is 14.5. The lowest BCUT2D eigenvalue weighted by atomic mass is 10.2. The second-order valence-electron chi connectivity index (χ2n) is 6.44. The number of rotatable bonds is 5. The van der Waals surface area contributed by atoms with Gasteiger partial charge in [0.05, 0.1) is 6.54 Å². The van der Waals surface area contributed by atoms with Crippen molar-refractivity contribution in [2.45, 2.75) is 32.9 Å². The van der Waals surface area contributed by atoms with Crippen molar-refractivity contribution in [2.24, 2.45) is 5.11 Å². The van der Waals surface area contributed by atoms with Gasteiger partial charge in [0.25, 0.3) is 0 Å². The fourth-order valence-corrected chi connectivity index (χ4v) is 2.00. The van der Waals surface area contributed by atoms with Crippen LogP contribution in [0.5, 0.6) is 17.2 Å². The lowest BCUT2D eigenvalue weighted by molar-refractivity contribution is 0.0636. The highest BCUT2D eigenvalue weighted by atomic mass is 16.6. The molecular formula is C18H20N4O4. The van der Waals surface area contributed by atoms with Gasteiger partial charge >= 0.3 is 6.09 Å². The Bertz CT molecular complexity index is 822. The van der Waals surface area contributed by atoms with Crippen LogP contribution in [0.2, 0.25) is 0 Å². The lowest BCUT2D eigenvalue weighted by Crippen LogP contribution is -2.27. The monoisotopic (exact) mass is 356 g/mol. The number of hydrogen-bond acceptors (Lipinski definition) is 5. The molecule has 8 heteroatoms. The average molecular weight is 356 g/mol. The molecule has 0 spiro atoms. The van der Waals surface area contributed by atoms with Crippen LogP contribution < -0.4 is 10.1 Å². The third-order valence-corrected chi connectivity index (χ3v) is 3.07. The Morgan fingerprint density at radius 1 is 1.23 bits per heavy atom. The SMILES string of the molecule is CC(C)(C)OC(=O)Nc1ccc(O)c(Oc2ccc(CN=[N+]=[N-])cc2)c1. The lowest BCUT2D eigenvalue weighted by Gasteiger charge is -2.20. The van der Waals surface area contributed by atoms with Gasteiger partial charge in [-0.3, -0.25) is 5.32 Å². The first kappa shape index (κ1) is 19.0. The molecule has 2 aromatic carbocycles. The van der Waals surface area contributed by atoms with Crippen LogP contribution in [0.1, 0.15) is 26.3 Å². The van der Waals surface area contributed by atoms with E-state index >= 15 is 0 Å². The summed E-state index contributed by atoms with van der Waals surface area (Å²) in [6, 6.07) is 11.3. The van der Waals surface area contributed by atoms with E-state index in [-0.39, 0.29) is 18.0 Å². The summed E-state index contributed by atoms with van der Waals surface area (Å²) in [5.74, 6) is 0.596. The number of carbonyl (C=O) groups excluding carboxylic acids is 1. The highest BCUT2D eigenvalue weighted by molar-refractivity contribution is 5.85. The van der Waals surface area contributed by atoms with Gasteiger partial charge in [0, 0.05) is 16.7 Å². The minimum atomic E-state index is -0.613. The zero-order valence-electron chi connectivity index (χ0n) is 14.8. The van der Waals surface area contributed by atoms with E-state index < -0.39 is 11.7 Å². The maximum absolute atomic E-state index is 11.8. The largest absolute Gasteiger partial charge is 0.504 e. The molecule has 0 aliphatic heterocycles. The van der Waals surface area contributed by atoms with Crippen LogP contribution in [0.15, 0.2) is 47.6 Å². The third-order valence-electron chi connectivity index (χ3n) is 3.07. The van der Waals surface area contributed by atoms with Crippen molar-refractivity contribution in [3.63, 3.8) is 0 Å². The molecule has 0 aliphatic rings. The Labute approximate surface area is 151 Å². The molecule has 0 radical (unpaired) electrons. The van der Waals surface area contributed by atoms with Crippen molar-refractivity contribution in [2.75, 3.05) is 5.32 Å². The van der Waals surface area contributed by atoms with Crippen molar-refractivity contribution >= 4 is 11.8 Å². The van der Waals surface area contributed by atoms with Crippen molar-refractivity contribution in [3.8, 4) is 17.2 Å². The molecule has 2 rings (SSSR count). The fourth-order valence-electron chi connectivity index (χ4n) is 2.00. The molecule has 0 aromatic heterocycles. The molecule has 0 atom stereocenters. The predicted molar refractivity (Wildman–Crippen MR) is 97.3 cm³/mol. The Balaban J connectivity index is 2.09. The summed E-state index contributed by atoms with van der Waals surface area (Å²) in [6.07, 6.45) is -0.600. The molecule has 0 fully saturated rings. The highest BCUT2D eigenvalue weighted by Crippen LogP contribution is 2.33. The van der Waals surface area contributed by atoms with E-state index in [0.29, 0.717) is 11.4 Å². The second-order valence-corrected chi connectivity index (χ2v) is 6.44. The van der Waals surface area contributed by atoms with E-state index in [9.17, 15) is 9.90 Å². The summed E-state index contributed by atoms with van der Waals surface area (Å²) in [7, 11) is 0. The number of ether oxygens (including phenoxy) is 2. The molecule has 1 amide bonds. The number of hydrogen-bond donors (Lipinski definition) is 2.